The van der Waals surface area contributed by atoms with Crippen molar-refractivity contribution in [3.8, 4) is 5.75 Å². The SMILES string of the molecule is COc1ccc(CCNC(=O)N2CCCC[C@@H]2c2nc3ccccc3n2C)cc1. The lowest BCUT2D eigenvalue weighted by molar-refractivity contribution is 0.146. The number of para-hydroxylation sites is 2. The smallest absolute Gasteiger partial charge is 0.318 e. The molecule has 1 saturated heterocycles. The van der Waals surface area contributed by atoms with Crippen molar-refractivity contribution in [2.45, 2.75) is 31.7 Å². The lowest BCUT2D eigenvalue weighted by Gasteiger charge is -2.35. The number of nitrogens with one attached hydrogen (secondary N) is 1. The first-order valence-electron chi connectivity index (χ1n) is 10.3. The predicted molar refractivity (Wildman–Crippen MR) is 114 cm³/mol. The molecule has 1 N–H and O–H groups in total. The van der Waals surface area contributed by atoms with E-state index in [4.69, 9.17) is 9.72 Å². The van der Waals surface area contributed by atoms with Gasteiger partial charge >= 0.3 is 6.03 Å². The van der Waals surface area contributed by atoms with Gasteiger partial charge in [0.05, 0.1) is 24.2 Å². The molecule has 0 saturated carbocycles. The molecule has 0 aliphatic carbocycles. The molecule has 6 nitrogen and oxygen atoms in total. The number of carbonyl (C=O) groups is 1. The second kappa shape index (κ2) is 8.55. The van der Waals surface area contributed by atoms with E-state index in [0.29, 0.717) is 6.54 Å². The minimum Gasteiger partial charge on any atom is -0.497 e. The molecule has 0 spiro atoms. The van der Waals surface area contributed by atoms with Crippen LogP contribution in [0.2, 0.25) is 0 Å². The fourth-order valence-electron chi connectivity index (χ4n) is 4.11. The molecule has 6 heteroatoms. The summed E-state index contributed by atoms with van der Waals surface area (Å²) in [4.78, 5) is 19.8. The Bertz CT molecular complexity index is 980. The van der Waals surface area contributed by atoms with E-state index in [9.17, 15) is 4.79 Å². The number of methoxy groups -OCH3 is 1. The maximum absolute atomic E-state index is 13.0. The van der Waals surface area contributed by atoms with Crippen LogP contribution in [0.4, 0.5) is 4.79 Å². The maximum Gasteiger partial charge on any atom is 0.318 e. The summed E-state index contributed by atoms with van der Waals surface area (Å²) < 4.78 is 7.32. The Labute approximate surface area is 171 Å². The van der Waals surface area contributed by atoms with Crippen LogP contribution in [-0.4, -0.2) is 40.7 Å². The Morgan fingerprint density at radius 1 is 1.17 bits per heavy atom. The summed E-state index contributed by atoms with van der Waals surface area (Å²) in [5, 5.41) is 3.10. The molecule has 1 aromatic heterocycles. The van der Waals surface area contributed by atoms with Crippen molar-refractivity contribution < 1.29 is 9.53 Å². The number of carbonyl (C=O) groups excluding carboxylic acids is 1. The molecule has 1 aliphatic rings. The van der Waals surface area contributed by atoms with Gasteiger partial charge in [-0.15, -0.1) is 0 Å². The molecule has 0 radical (unpaired) electrons. The minimum atomic E-state index is -0.00438. The number of hydrogen-bond acceptors (Lipinski definition) is 3. The third kappa shape index (κ3) is 4.06. The molecular formula is C23H28N4O2. The second-order valence-corrected chi connectivity index (χ2v) is 7.55. The lowest BCUT2D eigenvalue weighted by atomic mass is 10.0. The summed E-state index contributed by atoms with van der Waals surface area (Å²) >= 11 is 0. The molecule has 0 unspecified atom stereocenters. The standard InChI is InChI=1S/C23H28N4O2/c1-26-20-8-4-3-7-19(20)25-22(26)21-9-5-6-16-27(21)23(28)24-15-14-17-10-12-18(29-2)13-11-17/h3-4,7-8,10-13,21H,5-6,9,14-16H2,1-2H3,(H,24,28)/t21-/m1/s1. The van der Waals surface area contributed by atoms with Crippen LogP contribution in [0.3, 0.4) is 0 Å². The number of likely N-dealkylation sites (tertiary alicyclic amines) is 1. The van der Waals surface area contributed by atoms with Crippen LogP contribution in [0.1, 0.15) is 36.7 Å². The first kappa shape index (κ1) is 19.3. The van der Waals surface area contributed by atoms with E-state index in [0.717, 1.165) is 54.8 Å². The molecule has 152 valence electrons. The first-order chi connectivity index (χ1) is 14.2. The van der Waals surface area contributed by atoms with E-state index in [-0.39, 0.29) is 12.1 Å². The lowest BCUT2D eigenvalue weighted by Crippen LogP contribution is -2.45. The van der Waals surface area contributed by atoms with Crippen LogP contribution in [0.5, 0.6) is 5.75 Å². The molecule has 1 atom stereocenters. The highest BCUT2D eigenvalue weighted by Crippen LogP contribution is 2.32. The predicted octanol–water partition coefficient (Wildman–Crippen LogP) is 4.06. The average Bonchev–Trinajstić information content (AvgIpc) is 3.11. The highest BCUT2D eigenvalue weighted by Gasteiger charge is 2.31. The number of rotatable bonds is 5. The highest BCUT2D eigenvalue weighted by atomic mass is 16.5. The summed E-state index contributed by atoms with van der Waals surface area (Å²) in [5.41, 5.74) is 3.26. The van der Waals surface area contributed by atoms with Crippen LogP contribution in [0, 0.1) is 0 Å². The number of piperidine rings is 1. The number of benzene rings is 2. The molecule has 0 bridgehead atoms. The third-order valence-electron chi connectivity index (χ3n) is 5.73. The number of aryl methyl sites for hydroxylation is 1. The summed E-state index contributed by atoms with van der Waals surface area (Å²) in [7, 11) is 3.70. The first-order valence-corrected chi connectivity index (χ1v) is 10.3. The van der Waals surface area contributed by atoms with Crippen LogP contribution in [-0.2, 0) is 13.5 Å². The van der Waals surface area contributed by atoms with Crippen molar-refractivity contribution >= 4 is 17.1 Å². The number of nitrogens with zero attached hydrogens (tertiary/aromatic N) is 3. The zero-order valence-corrected chi connectivity index (χ0v) is 17.1. The Balaban J connectivity index is 1.43. The normalized spacial score (nSPS) is 16.8. The van der Waals surface area contributed by atoms with Gasteiger partial charge in [0.1, 0.15) is 11.6 Å². The van der Waals surface area contributed by atoms with Crippen molar-refractivity contribution in [3.63, 3.8) is 0 Å². The molecule has 2 heterocycles. The Hall–Kier alpha value is -3.02. The van der Waals surface area contributed by atoms with Gasteiger partial charge in [-0.1, -0.05) is 24.3 Å². The molecule has 3 aromatic rings. The molecule has 4 rings (SSSR count). The highest BCUT2D eigenvalue weighted by molar-refractivity contribution is 5.77. The van der Waals surface area contributed by atoms with Crippen LogP contribution >= 0.6 is 0 Å². The van der Waals surface area contributed by atoms with Gasteiger partial charge in [-0.3, -0.25) is 0 Å². The number of hydrogen-bond donors (Lipinski definition) is 1. The number of fused-ring (bicyclic) bond motifs is 1. The van der Waals surface area contributed by atoms with Crippen LogP contribution in [0.15, 0.2) is 48.5 Å². The number of ether oxygens (including phenoxy) is 1. The summed E-state index contributed by atoms with van der Waals surface area (Å²) in [6.45, 7) is 1.37. The van der Waals surface area contributed by atoms with Gasteiger partial charge in [0.15, 0.2) is 0 Å². The van der Waals surface area contributed by atoms with Crippen molar-refractivity contribution in [2.24, 2.45) is 7.05 Å². The van der Waals surface area contributed by atoms with Gasteiger partial charge in [-0.2, -0.15) is 0 Å². The Kier molecular flexibility index (Phi) is 5.69. The van der Waals surface area contributed by atoms with E-state index in [1.807, 2.05) is 54.4 Å². The van der Waals surface area contributed by atoms with Crippen molar-refractivity contribution in [3.05, 3.63) is 59.9 Å². The van der Waals surface area contributed by atoms with E-state index in [2.05, 4.69) is 16.0 Å². The fourth-order valence-corrected chi connectivity index (χ4v) is 4.11. The van der Waals surface area contributed by atoms with Crippen molar-refractivity contribution in [1.82, 2.24) is 19.8 Å². The average molecular weight is 393 g/mol. The van der Waals surface area contributed by atoms with Crippen molar-refractivity contribution in [1.29, 1.82) is 0 Å². The number of aromatic nitrogens is 2. The summed E-state index contributed by atoms with van der Waals surface area (Å²) in [6.07, 6.45) is 3.89. The molecule has 2 aromatic carbocycles. The van der Waals surface area contributed by atoms with Gasteiger partial charge in [0.2, 0.25) is 0 Å². The van der Waals surface area contributed by atoms with Crippen LogP contribution in [0.25, 0.3) is 11.0 Å². The van der Waals surface area contributed by atoms with E-state index < -0.39 is 0 Å². The maximum atomic E-state index is 13.0. The summed E-state index contributed by atoms with van der Waals surface area (Å²) in [5.74, 6) is 1.81. The minimum absolute atomic E-state index is 0.00438. The molecule has 2 amide bonds. The summed E-state index contributed by atoms with van der Waals surface area (Å²) in [6, 6.07) is 16.1. The van der Waals surface area contributed by atoms with Gasteiger partial charge in [-0.05, 0) is 55.5 Å². The molecule has 1 aliphatic heterocycles. The van der Waals surface area contributed by atoms with Gasteiger partial charge in [-0.25, -0.2) is 9.78 Å². The van der Waals surface area contributed by atoms with Crippen molar-refractivity contribution in [2.75, 3.05) is 20.2 Å². The molecule has 29 heavy (non-hydrogen) atoms. The zero-order valence-electron chi connectivity index (χ0n) is 17.1. The quantitative estimate of drug-likeness (QED) is 0.712. The number of imidazole rings is 1. The molecular weight excluding hydrogens is 364 g/mol. The second-order valence-electron chi connectivity index (χ2n) is 7.55. The van der Waals surface area contributed by atoms with Gasteiger partial charge in [0.25, 0.3) is 0 Å². The number of urea groups is 1. The van der Waals surface area contributed by atoms with E-state index >= 15 is 0 Å². The monoisotopic (exact) mass is 392 g/mol. The fraction of sp³-hybridized carbons (Fsp3) is 0.391. The largest absolute Gasteiger partial charge is 0.497 e. The van der Waals surface area contributed by atoms with E-state index in [1.165, 1.54) is 5.56 Å². The van der Waals surface area contributed by atoms with Gasteiger partial charge < -0.3 is 19.5 Å². The Morgan fingerprint density at radius 3 is 2.72 bits per heavy atom. The zero-order chi connectivity index (χ0) is 20.2. The Morgan fingerprint density at radius 2 is 1.97 bits per heavy atom. The third-order valence-corrected chi connectivity index (χ3v) is 5.73. The topological polar surface area (TPSA) is 59.4 Å². The molecule has 1 fully saturated rings. The van der Waals surface area contributed by atoms with Gasteiger partial charge in [0, 0.05) is 20.1 Å². The number of amides is 2. The van der Waals surface area contributed by atoms with Crippen LogP contribution < -0.4 is 10.1 Å². The van der Waals surface area contributed by atoms with E-state index in [1.54, 1.807) is 7.11 Å².